The SMILES string of the molecule is C=CC(=O)Nc1ccc(CCn2c(C#N)cc3c(C)c(CN4CCC(N/C(=C/C)N=CN=C)CC4)ccc32)cn1. The molecule has 3 heterocycles. The van der Waals surface area contributed by atoms with Crippen LogP contribution < -0.4 is 10.6 Å². The number of carbonyl (C=O) groups excluding carboxylic acids is 1. The third-order valence-corrected chi connectivity index (χ3v) is 7.35. The maximum atomic E-state index is 11.5. The third kappa shape index (κ3) is 6.90. The zero-order valence-electron chi connectivity index (χ0n) is 23.2. The fourth-order valence-corrected chi connectivity index (χ4v) is 5.07. The number of aromatic nitrogens is 2. The van der Waals surface area contributed by atoms with E-state index in [1.807, 2.05) is 25.1 Å². The first-order chi connectivity index (χ1) is 19.4. The number of anilines is 1. The van der Waals surface area contributed by atoms with Crippen molar-refractivity contribution < 1.29 is 4.79 Å². The van der Waals surface area contributed by atoms with Crippen molar-refractivity contribution in [2.75, 3.05) is 18.4 Å². The van der Waals surface area contributed by atoms with E-state index < -0.39 is 0 Å². The number of aryl methyl sites for hydroxylation is 3. The summed E-state index contributed by atoms with van der Waals surface area (Å²) >= 11 is 0. The van der Waals surface area contributed by atoms with Gasteiger partial charge in [-0.15, -0.1) is 0 Å². The van der Waals surface area contributed by atoms with Gasteiger partial charge in [-0.2, -0.15) is 5.26 Å². The van der Waals surface area contributed by atoms with Crippen LogP contribution in [0.25, 0.3) is 10.9 Å². The fraction of sp³-hybridized carbons (Fsp3) is 0.323. The molecule has 4 rings (SSSR count). The van der Waals surface area contributed by atoms with E-state index in [-0.39, 0.29) is 5.91 Å². The Balaban J connectivity index is 1.40. The predicted octanol–water partition coefficient (Wildman–Crippen LogP) is 4.73. The van der Waals surface area contributed by atoms with Gasteiger partial charge in [-0.05, 0) is 86.9 Å². The average Bonchev–Trinajstić information content (AvgIpc) is 3.35. The number of nitrogens with one attached hydrogen (secondary N) is 2. The highest BCUT2D eigenvalue weighted by molar-refractivity contribution is 5.98. The number of rotatable bonds is 11. The second-order valence-corrected chi connectivity index (χ2v) is 9.87. The van der Waals surface area contributed by atoms with Crippen LogP contribution >= 0.6 is 0 Å². The summed E-state index contributed by atoms with van der Waals surface area (Å²) in [6, 6.07) is 12.8. The van der Waals surface area contributed by atoms with E-state index in [1.54, 1.807) is 12.3 Å². The largest absolute Gasteiger partial charge is 0.367 e. The number of fused-ring (bicyclic) bond motifs is 1. The summed E-state index contributed by atoms with van der Waals surface area (Å²) in [7, 11) is 0. The Morgan fingerprint density at radius 1 is 1.27 bits per heavy atom. The molecule has 0 aliphatic carbocycles. The molecule has 0 atom stereocenters. The number of hydrogen-bond donors (Lipinski definition) is 2. The molecule has 9 heteroatoms. The molecule has 1 amide bonds. The van der Waals surface area contributed by atoms with Crippen LogP contribution in [-0.4, -0.2) is 52.5 Å². The van der Waals surface area contributed by atoms with Gasteiger partial charge in [0.1, 0.15) is 29.7 Å². The van der Waals surface area contributed by atoms with Crippen molar-refractivity contribution in [2.45, 2.75) is 52.2 Å². The van der Waals surface area contributed by atoms with Crippen molar-refractivity contribution in [1.29, 1.82) is 5.26 Å². The Bertz CT molecular complexity index is 1470. The quantitative estimate of drug-likeness (QED) is 0.209. The lowest BCUT2D eigenvalue weighted by atomic mass is 10.0. The molecule has 0 spiro atoms. The summed E-state index contributed by atoms with van der Waals surface area (Å²) in [4.78, 5) is 26.2. The van der Waals surface area contributed by atoms with E-state index in [1.165, 1.54) is 23.5 Å². The summed E-state index contributed by atoms with van der Waals surface area (Å²) in [5.74, 6) is 1.02. The van der Waals surface area contributed by atoms with E-state index in [0.29, 0.717) is 24.1 Å². The van der Waals surface area contributed by atoms with Gasteiger partial charge >= 0.3 is 0 Å². The van der Waals surface area contributed by atoms with Gasteiger partial charge in [-0.25, -0.2) is 9.98 Å². The number of carbonyl (C=O) groups is 1. The molecule has 1 aliphatic heterocycles. The molecule has 9 nitrogen and oxygen atoms in total. The highest BCUT2D eigenvalue weighted by Crippen LogP contribution is 2.28. The van der Waals surface area contributed by atoms with Crippen LogP contribution in [0.2, 0.25) is 0 Å². The highest BCUT2D eigenvalue weighted by Gasteiger charge is 2.21. The van der Waals surface area contributed by atoms with Crippen molar-refractivity contribution in [3.05, 3.63) is 83.5 Å². The molecule has 1 aromatic carbocycles. The minimum absolute atomic E-state index is 0.292. The number of pyridine rings is 1. The van der Waals surface area contributed by atoms with Gasteiger partial charge in [0.25, 0.3) is 0 Å². The molecule has 40 heavy (non-hydrogen) atoms. The molecule has 206 valence electrons. The molecule has 0 radical (unpaired) electrons. The van der Waals surface area contributed by atoms with E-state index >= 15 is 0 Å². The summed E-state index contributed by atoms with van der Waals surface area (Å²) in [5.41, 5.74) is 5.26. The molecule has 3 aromatic rings. The lowest BCUT2D eigenvalue weighted by Crippen LogP contribution is -2.41. The third-order valence-electron chi connectivity index (χ3n) is 7.35. The topological polar surface area (TPSA) is 111 Å². The molecule has 1 aliphatic rings. The molecular formula is C31H36N8O. The minimum atomic E-state index is -0.292. The van der Waals surface area contributed by atoms with Gasteiger partial charge in [-0.1, -0.05) is 18.7 Å². The first-order valence-corrected chi connectivity index (χ1v) is 13.5. The van der Waals surface area contributed by atoms with Gasteiger partial charge in [0.2, 0.25) is 5.91 Å². The monoisotopic (exact) mass is 536 g/mol. The molecule has 0 saturated carbocycles. The Labute approximate surface area is 235 Å². The fourth-order valence-electron chi connectivity index (χ4n) is 5.07. The number of nitriles is 1. The van der Waals surface area contributed by atoms with Gasteiger partial charge in [0.05, 0.1) is 0 Å². The van der Waals surface area contributed by atoms with Crippen molar-refractivity contribution in [2.24, 2.45) is 9.98 Å². The number of allylic oxidation sites excluding steroid dienone is 1. The number of hydrogen-bond acceptors (Lipinski definition) is 6. The highest BCUT2D eigenvalue weighted by atomic mass is 16.1. The van der Waals surface area contributed by atoms with Crippen molar-refractivity contribution in [3.63, 3.8) is 0 Å². The van der Waals surface area contributed by atoms with Crippen molar-refractivity contribution in [1.82, 2.24) is 19.8 Å². The Morgan fingerprint density at radius 3 is 2.73 bits per heavy atom. The number of likely N-dealkylation sites (tertiary alicyclic amines) is 1. The van der Waals surface area contributed by atoms with Crippen LogP contribution in [0.5, 0.6) is 0 Å². The first kappa shape index (κ1) is 28.5. The molecule has 2 aromatic heterocycles. The average molecular weight is 537 g/mol. The Kier molecular flexibility index (Phi) is 9.60. The van der Waals surface area contributed by atoms with E-state index in [2.05, 4.69) is 73.5 Å². The molecule has 2 N–H and O–H groups in total. The molecule has 0 unspecified atom stereocenters. The summed E-state index contributed by atoms with van der Waals surface area (Å²) in [5, 5.41) is 17.1. The Morgan fingerprint density at radius 2 is 2.08 bits per heavy atom. The summed E-state index contributed by atoms with van der Waals surface area (Å²) in [6.07, 6.45) is 9.18. The number of benzene rings is 1. The van der Waals surface area contributed by atoms with E-state index in [0.717, 1.165) is 61.2 Å². The predicted molar refractivity (Wildman–Crippen MR) is 161 cm³/mol. The molecular weight excluding hydrogens is 500 g/mol. The number of piperidine rings is 1. The van der Waals surface area contributed by atoms with Crippen molar-refractivity contribution in [3.8, 4) is 6.07 Å². The maximum absolute atomic E-state index is 11.5. The van der Waals surface area contributed by atoms with Crippen LogP contribution in [0, 0.1) is 18.3 Å². The number of nitrogens with zero attached hydrogens (tertiary/aromatic N) is 6. The Hall–Kier alpha value is -4.55. The first-order valence-electron chi connectivity index (χ1n) is 13.5. The van der Waals surface area contributed by atoms with Crippen LogP contribution in [0.4, 0.5) is 5.82 Å². The second kappa shape index (κ2) is 13.5. The van der Waals surface area contributed by atoms with Crippen LogP contribution in [0.1, 0.15) is 42.1 Å². The second-order valence-electron chi connectivity index (χ2n) is 9.87. The van der Waals surface area contributed by atoms with Crippen LogP contribution in [0.15, 0.2) is 71.1 Å². The number of aliphatic imine (C=N–C) groups is 2. The van der Waals surface area contributed by atoms with E-state index in [4.69, 9.17) is 0 Å². The molecule has 1 fully saturated rings. The maximum Gasteiger partial charge on any atom is 0.248 e. The molecule has 0 bridgehead atoms. The minimum Gasteiger partial charge on any atom is -0.367 e. The summed E-state index contributed by atoms with van der Waals surface area (Å²) < 4.78 is 2.08. The van der Waals surface area contributed by atoms with Crippen molar-refractivity contribution >= 4 is 35.7 Å². The lowest BCUT2D eigenvalue weighted by Gasteiger charge is -2.33. The normalized spacial score (nSPS) is 14.8. The standard InChI is InChI=1S/C31H36N8O/c1-5-29(35-21-33-4)36-25-12-14-38(15-13-25)20-24-8-9-28-27(22(24)3)17-26(18-32)39(28)16-11-23-7-10-30(34-19-23)37-31(40)6-2/h5-10,17,19,21,25,36H,2,4,11-16,20H2,1,3H3,(H,34,37,40)/b29-5+,35-21?. The molecule has 1 saturated heterocycles. The lowest BCUT2D eigenvalue weighted by molar-refractivity contribution is -0.111. The van der Waals surface area contributed by atoms with Crippen LogP contribution in [0.3, 0.4) is 0 Å². The van der Waals surface area contributed by atoms with Crippen LogP contribution in [-0.2, 0) is 24.3 Å². The smallest absolute Gasteiger partial charge is 0.248 e. The van der Waals surface area contributed by atoms with E-state index in [9.17, 15) is 10.1 Å². The zero-order valence-corrected chi connectivity index (χ0v) is 23.2. The van der Waals surface area contributed by atoms with Gasteiger partial charge in [0.15, 0.2) is 0 Å². The zero-order chi connectivity index (χ0) is 28.5. The van der Waals surface area contributed by atoms with Gasteiger partial charge in [-0.3, -0.25) is 14.7 Å². The summed E-state index contributed by atoms with van der Waals surface area (Å²) in [6.45, 7) is 14.6. The van der Waals surface area contributed by atoms with Gasteiger partial charge in [0, 0.05) is 49.3 Å². The van der Waals surface area contributed by atoms with Gasteiger partial charge < -0.3 is 15.2 Å². The number of amides is 1.